The summed E-state index contributed by atoms with van der Waals surface area (Å²) in [6, 6.07) is 7.98. The first kappa shape index (κ1) is 12.2. The summed E-state index contributed by atoms with van der Waals surface area (Å²) in [5, 5.41) is 9.29. The Hall–Kier alpha value is -1.26. The topological polar surface area (TPSA) is 53.2 Å². The molecule has 1 saturated heterocycles. The number of fused-ring (bicyclic) bond motifs is 2. The van der Waals surface area contributed by atoms with Gasteiger partial charge in [0.2, 0.25) is 0 Å². The minimum absolute atomic E-state index is 0. The van der Waals surface area contributed by atoms with Gasteiger partial charge in [0.05, 0.1) is 5.54 Å². The molecular weight excluding hydrogens is 238 g/mol. The van der Waals surface area contributed by atoms with Gasteiger partial charge in [0.15, 0.2) is 0 Å². The van der Waals surface area contributed by atoms with Crippen LogP contribution in [-0.4, -0.2) is 19.1 Å². The third kappa shape index (κ3) is 1.98. The fraction of sp³-hybridized carbons (Fsp3) is 0.417. The maximum atomic E-state index is 11.7. The highest BCUT2D eigenvalue weighted by Gasteiger charge is 2.39. The van der Waals surface area contributed by atoms with Crippen LogP contribution in [0.25, 0.3) is 0 Å². The molecule has 1 spiro atoms. The molecule has 3 rings (SSSR count). The van der Waals surface area contributed by atoms with Crippen molar-refractivity contribution in [1.82, 2.24) is 10.6 Å². The Morgan fingerprint density at radius 3 is 2.59 bits per heavy atom. The highest BCUT2D eigenvalue weighted by atomic mass is 35.5. The van der Waals surface area contributed by atoms with E-state index in [1.54, 1.807) is 0 Å². The molecule has 0 bridgehead atoms. The lowest BCUT2D eigenvalue weighted by atomic mass is 9.79. The molecule has 1 aromatic carbocycles. The van der Waals surface area contributed by atoms with E-state index < -0.39 is 0 Å². The number of halogens is 1. The Morgan fingerprint density at radius 1 is 1.12 bits per heavy atom. The smallest absolute Gasteiger partial charge is 0.319 e. The van der Waals surface area contributed by atoms with Crippen molar-refractivity contribution in [2.75, 3.05) is 18.4 Å². The summed E-state index contributed by atoms with van der Waals surface area (Å²) in [4.78, 5) is 11.7. The molecule has 5 heteroatoms. The molecular formula is C12H16ClN3O. The summed E-state index contributed by atoms with van der Waals surface area (Å²) in [5.74, 6) is 0. The summed E-state index contributed by atoms with van der Waals surface area (Å²) in [6.45, 7) is 1.91. The van der Waals surface area contributed by atoms with Gasteiger partial charge >= 0.3 is 6.03 Å². The molecule has 4 nitrogen and oxygen atoms in total. The molecule has 0 radical (unpaired) electrons. The molecule has 1 fully saturated rings. The molecule has 2 heterocycles. The van der Waals surface area contributed by atoms with Crippen molar-refractivity contribution in [3.05, 3.63) is 29.8 Å². The summed E-state index contributed by atoms with van der Waals surface area (Å²) >= 11 is 0. The van der Waals surface area contributed by atoms with Crippen LogP contribution in [0.3, 0.4) is 0 Å². The molecule has 2 amide bonds. The van der Waals surface area contributed by atoms with E-state index in [2.05, 4.69) is 22.0 Å². The van der Waals surface area contributed by atoms with Gasteiger partial charge in [-0.1, -0.05) is 18.2 Å². The maximum Gasteiger partial charge on any atom is 0.319 e. The molecule has 92 valence electrons. The predicted octanol–water partition coefficient (Wildman–Crippen LogP) is 1.82. The lowest BCUT2D eigenvalue weighted by molar-refractivity contribution is 0.214. The number of hydrogen-bond donors (Lipinski definition) is 3. The van der Waals surface area contributed by atoms with Gasteiger partial charge in [-0.3, -0.25) is 0 Å². The number of para-hydroxylation sites is 1. The second-order valence-corrected chi connectivity index (χ2v) is 4.46. The largest absolute Gasteiger partial charge is 0.328 e. The first-order chi connectivity index (χ1) is 7.80. The first-order valence-electron chi connectivity index (χ1n) is 5.70. The van der Waals surface area contributed by atoms with Crippen LogP contribution in [0.5, 0.6) is 0 Å². The summed E-state index contributed by atoms with van der Waals surface area (Å²) < 4.78 is 0. The van der Waals surface area contributed by atoms with Crippen LogP contribution in [0, 0.1) is 0 Å². The van der Waals surface area contributed by atoms with Gasteiger partial charge in [-0.15, -0.1) is 12.4 Å². The van der Waals surface area contributed by atoms with E-state index in [0.717, 1.165) is 31.6 Å². The quantitative estimate of drug-likeness (QED) is 0.661. The fourth-order valence-electron chi connectivity index (χ4n) is 2.70. The number of nitrogens with one attached hydrogen (secondary N) is 3. The van der Waals surface area contributed by atoms with Crippen molar-refractivity contribution in [2.24, 2.45) is 0 Å². The number of benzene rings is 1. The number of piperidine rings is 1. The standard InChI is InChI=1S/C12H15N3O.ClH/c16-11-14-10-4-2-1-3-9(10)12(15-11)5-7-13-8-6-12;/h1-4,13H,5-8H2,(H2,14,15,16);1H. The van der Waals surface area contributed by atoms with E-state index >= 15 is 0 Å². The monoisotopic (exact) mass is 253 g/mol. The fourth-order valence-corrected chi connectivity index (χ4v) is 2.70. The van der Waals surface area contributed by atoms with Crippen LogP contribution >= 0.6 is 12.4 Å². The van der Waals surface area contributed by atoms with Crippen LogP contribution in [0.4, 0.5) is 10.5 Å². The highest BCUT2D eigenvalue weighted by molar-refractivity contribution is 5.93. The van der Waals surface area contributed by atoms with E-state index in [4.69, 9.17) is 0 Å². The van der Waals surface area contributed by atoms with E-state index in [1.165, 1.54) is 5.56 Å². The molecule has 2 aliphatic rings. The summed E-state index contributed by atoms with van der Waals surface area (Å²) in [7, 11) is 0. The van der Waals surface area contributed by atoms with Crippen molar-refractivity contribution in [1.29, 1.82) is 0 Å². The Balaban J connectivity index is 0.00000108. The number of urea groups is 1. The average Bonchev–Trinajstić information content (AvgIpc) is 2.30. The number of rotatable bonds is 0. The van der Waals surface area contributed by atoms with Crippen molar-refractivity contribution < 1.29 is 4.79 Å². The average molecular weight is 254 g/mol. The van der Waals surface area contributed by atoms with Crippen LogP contribution in [-0.2, 0) is 5.54 Å². The molecule has 0 atom stereocenters. The van der Waals surface area contributed by atoms with Crippen molar-refractivity contribution >= 4 is 24.1 Å². The second kappa shape index (κ2) is 4.55. The molecule has 2 aliphatic heterocycles. The normalized spacial score (nSPS) is 20.8. The van der Waals surface area contributed by atoms with Crippen LogP contribution in [0.1, 0.15) is 18.4 Å². The minimum Gasteiger partial charge on any atom is -0.328 e. The van der Waals surface area contributed by atoms with Crippen molar-refractivity contribution in [3.8, 4) is 0 Å². The predicted molar refractivity (Wildman–Crippen MR) is 69.6 cm³/mol. The zero-order valence-electron chi connectivity index (χ0n) is 9.45. The van der Waals surface area contributed by atoms with Gasteiger partial charge in [-0.2, -0.15) is 0 Å². The highest BCUT2D eigenvalue weighted by Crippen LogP contribution is 2.37. The third-order valence-corrected chi connectivity index (χ3v) is 3.50. The molecule has 3 N–H and O–H groups in total. The number of carbonyl (C=O) groups is 1. The molecule has 0 saturated carbocycles. The third-order valence-electron chi connectivity index (χ3n) is 3.50. The van der Waals surface area contributed by atoms with Crippen molar-refractivity contribution in [2.45, 2.75) is 18.4 Å². The van der Waals surface area contributed by atoms with Crippen LogP contribution < -0.4 is 16.0 Å². The van der Waals surface area contributed by atoms with E-state index in [1.807, 2.05) is 18.2 Å². The van der Waals surface area contributed by atoms with E-state index in [0.29, 0.717) is 0 Å². The number of amides is 2. The lowest BCUT2D eigenvalue weighted by Gasteiger charge is -2.42. The zero-order chi connectivity index (χ0) is 11.0. The number of anilines is 1. The SMILES string of the molecule is Cl.O=C1Nc2ccccc2C2(CCNCC2)N1. The van der Waals surface area contributed by atoms with Crippen LogP contribution in [0.2, 0.25) is 0 Å². The van der Waals surface area contributed by atoms with Gasteiger partial charge in [0.1, 0.15) is 0 Å². The van der Waals surface area contributed by atoms with E-state index in [9.17, 15) is 4.79 Å². The van der Waals surface area contributed by atoms with Gasteiger partial charge in [0, 0.05) is 11.3 Å². The molecule has 0 aliphatic carbocycles. The van der Waals surface area contributed by atoms with E-state index in [-0.39, 0.29) is 24.0 Å². The minimum atomic E-state index is -0.163. The molecule has 1 aromatic rings. The van der Waals surface area contributed by atoms with Gasteiger partial charge in [-0.25, -0.2) is 4.79 Å². The van der Waals surface area contributed by atoms with Gasteiger partial charge < -0.3 is 16.0 Å². The Kier molecular flexibility index (Phi) is 3.26. The Bertz CT molecular complexity index is 430. The van der Waals surface area contributed by atoms with Gasteiger partial charge in [-0.05, 0) is 32.0 Å². The Morgan fingerprint density at radius 2 is 1.82 bits per heavy atom. The second-order valence-electron chi connectivity index (χ2n) is 4.46. The lowest BCUT2D eigenvalue weighted by Crippen LogP contribution is -2.56. The first-order valence-corrected chi connectivity index (χ1v) is 5.70. The number of hydrogen-bond acceptors (Lipinski definition) is 2. The van der Waals surface area contributed by atoms with Gasteiger partial charge in [0.25, 0.3) is 0 Å². The van der Waals surface area contributed by atoms with Crippen molar-refractivity contribution in [3.63, 3.8) is 0 Å². The molecule has 0 aromatic heterocycles. The van der Waals surface area contributed by atoms with Crippen LogP contribution in [0.15, 0.2) is 24.3 Å². The molecule has 0 unspecified atom stereocenters. The summed E-state index contributed by atoms with van der Waals surface area (Å²) in [5.41, 5.74) is 2.01. The summed E-state index contributed by atoms with van der Waals surface area (Å²) in [6.07, 6.45) is 1.91. The number of carbonyl (C=O) groups excluding carboxylic acids is 1. The maximum absolute atomic E-state index is 11.7. The zero-order valence-corrected chi connectivity index (χ0v) is 10.3. The Labute approximate surface area is 107 Å². The molecule has 17 heavy (non-hydrogen) atoms.